The SMILES string of the molecule is CC(C)N(C(C)(C)CCC#N)P(=O)(C(C)C)C(C)C. The summed E-state index contributed by atoms with van der Waals surface area (Å²) in [6, 6.07) is 2.42. The summed E-state index contributed by atoms with van der Waals surface area (Å²) in [6.45, 7) is 16.6. The third-order valence-electron chi connectivity index (χ3n) is 3.77. The van der Waals surface area contributed by atoms with Gasteiger partial charge in [0, 0.05) is 29.3 Å². The molecule has 0 aromatic heterocycles. The van der Waals surface area contributed by atoms with Gasteiger partial charge in [0.05, 0.1) is 6.07 Å². The van der Waals surface area contributed by atoms with Crippen molar-refractivity contribution in [3.63, 3.8) is 0 Å². The Balaban J connectivity index is 5.66. The lowest BCUT2D eigenvalue weighted by atomic mass is 9.98. The minimum Gasteiger partial charge on any atom is -0.306 e. The maximum atomic E-state index is 13.6. The van der Waals surface area contributed by atoms with Crippen molar-refractivity contribution in [2.45, 2.75) is 91.1 Å². The number of rotatable bonds is 7. The third kappa shape index (κ3) is 4.07. The normalized spacial score (nSPS) is 13.6. The van der Waals surface area contributed by atoms with Crippen LogP contribution in [0, 0.1) is 11.3 Å². The van der Waals surface area contributed by atoms with Crippen LogP contribution < -0.4 is 0 Å². The molecule has 0 N–H and O–H groups in total. The van der Waals surface area contributed by atoms with Crippen LogP contribution in [0.4, 0.5) is 0 Å². The molecule has 3 nitrogen and oxygen atoms in total. The van der Waals surface area contributed by atoms with Gasteiger partial charge in [0.1, 0.15) is 0 Å². The highest BCUT2D eigenvalue weighted by atomic mass is 31.2. The number of nitriles is 1. The van der Waals surface area contributed by atoms with Crippen molar-refractivity contribution in [3.05, 3.63) is 0 Å². The Morgan fingerprint density at radius 3 is 1.79 bits per heavy atom. The van der Waals surface area contributed by atoms with Crippen molar-refractivity contribution in [2.24, 2.45) is 0 Å². The minimum atomic E-state index is -2.47. The Hall–Kier alpha value is -0.320. The molecule has 0 spiro atoms. The second-order valence-electron chi connectivity index (χ2n) is 6.77. The van der Waals surface area contributed by atoms with Crippen molar-refractivity contribution >= 4 is 7.29 Å². The Labute approximate surface area is 119 Å². The maximum Gasteiger partial charge on any atom is 0.155 e. The van der Waals surface area contributed by atoms with Gasteiger partial charge in [-0.05, 0) is 34.1 Å². The van der Waals surface area contributed by atoms with Gasteiger partial charge in [0.15, 0.2) is 7.29 Å². The van der Waals surface area contributed by atoms with E-state index in [0.29, 0.717) is 6.42 Å². The molecule has 0 fully saturated rings. The molecule has 19 heavy (non-hydrogen) atoms. The molecule has 0 aromatic carbocycles. The molecule has 0 aromatic rings. The van der Waals surface area contributed by atoms with Crippen LogP contribution in [0.2, 0.25) is 0 Å². The summed E-state index contributed by atoms with van der Waals surface area (Å²) < 4.78 is 15.8. The van der Waals surface area contributed by atoms with Gasteiger partial charge < -0.3 is 4.57 Å². The summed E-state index contributed by atoms with van der Waals surface area (Å²) in [6.07, 6.45) is 1.26. The molecule has 0 aliphatic rings. The van der Waals surface area contributed by atoms with Crippen molar-refractivity contribution < 1.29 is 4.57 Å². The van der Waals surface area contributed by atoms with Gasteiger partial charge in [0.25, 0.3) is 0 Å². The van der Waals surface area contributed by atoms with E-state index in [1.165, 1.54) is 0 Å². The van der Waals surface area contributed by atoms with E-state index < -0.39 is 7.29 Å². The summed E-state index contributed by atoms with van der Waals surface area (Å²) in [5.74, 6) is 0. The second kappa shape index (κ2) is 6.91. The molecular weight excluding hydrogens is 255 g/mol. The first-order valence-electron chi connectivity index (χ1n) is 7.28. The minimum absolute atomic E-state index is 0.135. The monoisotopic (exact) mass is 286 g/mol. The first kappa shape index (κ1) is 18.7. The van der Waals surface area contributed by atoms with Crippen LogP contribution in [0.1, 0.15) is 68.2 Å². The Morgan fingerprint density at radius 1 is 1.11 bits per heavy atom. The molecule has 112 valence electrons. The van der Waals surface area contributed by atoms with Crippen molar-refractivity contribution in [1.82, 2.24) is 4.67 Å². The standard InChI is InChI=1S/C15H31N2OP/c1-12(2)17(15(7,8)10-9-11-16)19(18,13(3)4)14(5)6/h12-14H,9-10H2,1-8H3. The van der Waals surface area contributed by atoms with Crippen LogP contribution >= 0.6 is 7.29 Å². The van der Waals surface area contributed by atoms with Gasteiger partial charge in [-0.3, -0.25) is 0 Å². The highest BCUT2D eigenvalue weighted by Gasteiger charge is 2.45. The van der Waals surface area contributed by atoms with Gasteiger partial charge in [0.2, 0.25) is 0 Å². The highest BCUT2D eigenvalue weighted by Crippen LogP contribution is 2.62. The van der Waals surface area contributed by atoms with Crippen LogP contribution in [-0.2, 0) is 4.57 Å². The average molecular weight is 286 g/mol. The van der Waals surface area contributed by atoms with E-state index in [2.05, 4.69) is 66.1 Å². The van der Waals surface area contributed by atoms with Crippen LogP contribution in [0.5, 0.6) is 0 Å². The van der Waals surface area contributed by atoms with Gasteiger partial charge in [-0.2, -0.15) is 5.26 Å². The van der Waals surface area contributed by atoms with Gasteiger partial charge in [-0.15, -0.1) is 0 Å². The van der Waals surface area contributed by atoms with Gasteiger partial charge in [-0.1, -0.05) is 27.7 Å². The van der Waals surface area contributed by atoms with Crippen LogP contribution in [-0.4, -0.2) is 27.6 Å². The first-order chi connectivity index (χ1) is 8.51. The summed E-state index contributed by atoms with van der Waals surface area (Å²) in [5, 5.41) is 8.83. The first-order valence-corrected chi connectivity index (χ1v) is 9.07. The van der Waals surface area contributed by atoms with E-state index in [1.807, 2.05) is 0 Å². The van der Waals surface area contributed by atoms with E-state index in [1.54, 1.807) is 0 Å². The fourth-order valence-electron chi connectivity index (χ4n) is 3.05. The molecule has 4 heteroatoms. The summed E-state index contributed by atoms with van der Waals surface area (Å²) >= 11 is 0. The summed E-state index contributed by atoms with van der Waals surface area (Å²) in [5.41, 5.74) is 0.0565. The van der Waals surface area contributed by atoms with Crippen molar-refractivity contribution in [3.8, 4) is 6.07 Å². The van der Waals surface area contributed by atoms with Gasteiger partial charge in [-0.25, -0.2) is 4.67 Å². The Bertz CT molecular complexity index is 355. The number of nitrogens with zero attached hydrogens (tertiary/aromatic N) is 2. The summed E-state index contributed by atoms with van der Waals surface area (Å²) in [7, 11) is -2.47. The van der Waals surface area contributed by atoms with E-state index in [9.17, 15) is 4.57 Å². The van der Waals surface area contributed by atoms with Crippen LogP contribution in [0.25, 0.3) is 0 Å². The van der Waals surface area contributed by atoms with Crippen LogP contribution in [0.3, 0.4) is 0 Å². The largest absolute Gasteiger partial charge is 0.306 e. The fourth-order valence-corrected chi connectivity index (χ4v) is 6.91. The quantitative estimate of drug-likeness (QED) is 0.627. The molecule has 0 aliphatic heterocycles. The zero-order valence-electron chi connectivity index (χ0n) is 13.9. The lowest BCUT2D eigenvalue weighted by molar-refractivity contribution is 0.173. The molecule has 0 rings (SSSR count). The molecule has 0 aliphatic carbocycles. The number of hydrogen-bond donors (Lipinski definition) is 0. The molecule has 0 saturated carbocycles. The highest BCUT2D eigenvalue weighted by molar-refractivity contribution is 7.63. The third-order valence-corrected chi connectivity index (χ3v) is 8.41. The van der Waals surface area contributed by atoms with Crippen LogP contribution in [0.15, 0.2) is 0 Å². The van der Waals surface area contributed by atoms with E-state index in [0.717, 1.165) is 6.42 Å². The van der Waals surface area contributed by atoms with E-state index >= 15 is 0 Å². The molecule has 0 amide bonds. The lowest BCUT2D eigenvalue weighted by Gasteiger charge is -2.49. The molecule has 0 radical (unpaired) electrons. The maximum absolute atomic E-state index is 13.6. The summed E-state index contributed by atoms with van der Waals surface area (Å²) in [4.78, 5) is 0. The predicted octanol–water partition coefficient (Wildman–Crippen LogP) is 4.87. The fraction of sp³-hybridized carbons (Fsp3) is 0.933. The Kier molecular flexibility index (Phi) is 6.79. The molecule has 0 bridgehead atoms. The molecular formula is C15H31N2OP. The molecule has 0 saturated heterocycles. The lowest BCUT2D eigenvalue weighted by Crippen LogP contribution is -2.48. The van der Waals surface area contributed by atoms with Gasteiger partial charge >= 0.3 is 0 Å². The predicted molar refractivity (Wildman–Crippen MR) is 83.8 cm³/mol. The number of hydrogen-bond acceptors (Lipinski definition) is 2. The molecule has 0 atom stereocenters. The van der Waals surface area contributed by atoms with E-state index in [-0.39, 0.29) is 22.9 Å². The molecule has 0 heterocycles. The van der Waals surface area contributed by atoms with E-state index in [4.69, 9.17) is 5.26 Å². The van der Waals surface area contributed by atoms with Crippen molar-refractivity contribution in [1.29, 1.82) is 5.26 Å². The zero-order chi connectivity index (χ0) is 15.4. The smallest absolute Gasteiger partial charge is 0.155 e. The Morgan fingerprint density at radius 2 is 1.53 bits per heavy atom. The topological polar surface area (TPSA) is 44.1 Å². The second-order valence-corrected chi connectivity index (χ2v) is 10.6. The average Bonchev–Trinajstić information content (AvgIpc) is 2.24. The molecule has 0 unspecified atom stereocenters. The van der Waals surface area contributed by atoms with Crippen molar-refractivity contribution in [2.75, 3.05) is 0 Å². The zero-order valence-corrected chi connectivity index (χ0v) is 14.8.